The van der Waals surface area contributed by atoms with E-state index in [4.69, 9.17) is 0 Å². The first-order valence-corrected chi connectivity index (χ1v) is 5.33. The number of hydrogen-bond acceptors (Lipinski definition) is 2. The van der Waals surface area contributed by atoms with Crippen molar-refractivity contribution < 1.29 is 26.7 Å². The van der Waals surface area contributed by atoms with Gasteiger partial charge in [-0.05, 0) is 19.1 Å². The molecule has 1 aromatic carbocycles. The van der Waals surface area contributed by atoms with Crippen molar-refractivity contribution in [3.63, 3.8) is 0 Å². The summed E-state index contributed by atoms with van der Waals surface area (Å²) in [6.07, 6.45) is 0.996. The highest BCUT2D eigenvalue weighted by Gasteiger charge is 2.30. The molecular weight excluding hydrogens is 281 g/mol. The van der Waals surface area contributed by atoms with E-state index in [-0.39, 0.29) is 5.56 Å². The second-order valence-electron chi connectivity index (χ2n) is 3.96. The molecule has 0 aliphatic carbocycles. The summed E-state index contributed by atoms with van der Waals surface area (Å²) in [5.74, 6) is -12.3. The van der Waals surface area contributed by atoms with E-state index in [9.17, 15) is 26.7 Å². The molecule has 0 amide bonds. The van der Waals surface area contributed by atoms with Crippen LogP contribution in [-0.4, -0.2) is 10.8 Å². The van der Waals surface area contributed by atoms with E-state index < -0.39 is 40.4 Å². The van der Waals surface area contributed by atoms with Gasteiger partial charge in [-0.3, -0.25) is 9.78 Å². The molecule has 2 nitrogen and oxygen atoms in total. The van der Waals surface area contributed by atoms with Crippen LogP contribution in [0.5, 0.6) is 0 Å². The van der Waals surface area contributed by atoms with Gasteiger partial charge in [0.1, 0.15) is 5.56 Å². The molecule has 0 unspecified atom stereocenters. The molecule has 0 atom stereocenters. The monoisotopic (exact) mass is 287 g/mol. The molecule has 7 heteroatoms. The summed E-state index contributed by atoms with van der Waals surface area (Å²) in [4.78, 5) is 15.6. The summed E-state index contributed by atoms with van der Waals surface area (Å²) in [7, 11) is 0. The van der Waals surface area contributed by atoms with E-state index >= 15 is 0 Å². The van der Waals surface area contributed by atoms with Crippen LogP contribution in [0.4, 0.5) is 22.0 Å². The lowest BCUT2D eigenvalue weighted by Gasteiger charge is -2.07. The summed E-state index contributed by atoms with van der Waals surface area (Å²) < 4.78 is 65.8. The lowest BCUT2D eigenvalue weighted by Crippen LogP contribution is -2.13. The molecule has 1 heterocycles. The topological polar surface area (TPSA) is 30.0 Å². The number of ketones is 1. The number of carbonyl (C=O) groups excluding carboxylic acids is 1. The van der Waals surface area contributed by atoms with Gasteiger partial charge in [0.2, 0.25) is 11.6 Å². The average Bonchev–Trinajstić information content (AvgIpc) is 2.44. The number of hydrogen-bond donors (Lipinski definition) is 0. The minimum atomic E-state index is -2.31. The smallest absolute Gasteiger partial charge is 0.200 e. The molecule has 2 rings (SSSR count). The van der Waals surface area contributed by atoms with E-state index in [0.717, 1.165) is 6.20 Å². The fourth-order valence-electron chi connectivity index (χ4n) is 1.55. The van der Waals surface area contributed by atoms with Gasteiger partial charge in [0.15, 0.2) is 23.3 Å². The van der Waals surface area contributed by atoms with Crippen LogP contribution < -0.4 is 0 Å². The van der Waals surface area contributed by atoms with Crippen LogP contribution in [0, 0.1) is 36.0 Å². The average molecular weight is 287 g/mol. The quantitative estimate of drug-likeness (QED) is 0.367. The molecule has 0 fully saturated rings. The highest BCUT2D eigenvalue weighted by atomic mass is 19.2. The molecule has 20 heavy (non-hydrogen) atoms. The van der Waals surface area contributed by atoms with E-state index in [1.807, 2.05) is 0 Å². The van der Waals surface area contributed by atoms with Gasteiger partial charge in [-0.1, -0.05) is 0 Å². The highest BCUT2D eigenvalue weighted by molar-refractivity contribution is 6.09. The predicted octanol–water partition coefficient (Wildman–Crippen LogP) is 3.32. The van der Waals surface area contributed by atoms with E-state index in [0.29, 0.717) is 5.69 Å². The summed E-state index contributed by atoms with van der Waals surface area (Å²) in [6, 6.07) is 2.56. The van der Waals surface area contributed by atoms with Gasteiger partial charge < -0.3 is 0 Å². The molecule has 1 aromatic heterocycles. The third-order valence-electron chi connectivity index (χ3n) is 2.61. The Labute approximate surface area is 109 Å². The maximum absolute atomic E-state index is 13.5. The van der Waals surface area contributed by atoms with Crippen molar-refractivity contribution in [3.8, 4) is 0 Å². The Bertz CT molecular complexity index is 668. The molecule has 0 aliphatic rings. The molecule has 104 valence electrons. The van der Waals surface area contributed by atoms with Crippen molar-refractivity contribution in [2.75, 3.05) is 0 Å². The zero-order valence-corrected chi connectivity index (χ0v) is 9.98. The molecule has 0 saturated heterocycles. The maximum Gasteiger partial charge on any atom is 0.200 e. The van der Waals surface area contributed by atoms with Crippen LogP contribution >= 0.6 is 0 Å². The summed E-state index contributed by atoms with van der Waals surface area (Å²) >= 11 is 0. The molecule has 0 spiro atoms. The predicted molar refractivity (Wildman–Crippen MR) is 58.6 cm³/mol. The zero-order valence-electron chi connectivity index (χ0n) is 9.98. The summed E-state index contributed by atoms with van der Waals surface area (Å²) in [6.45, 7) is 1.60. The van der Waals surface area contributed by atoms with Gasteiger partial charge >= 0.3 is 0 Å². The number of nitrogens with zero attached hydrogens (tertiary/aromatic N) is 1. The molecule has 0 bridgehead atoms. The van der Waals surface area contributed by atoms with Gasteiger partial charge in [0.05, 0.1) is 0 Å². The SMILES string of the molecule is Cc1ccc(C(=O)c2c(F)c(F)c(F)c(F)c2F)cn1. The molecule has 0 N–H and O–H groups in total. The van der Waals surface area contributed by atoms with E-state index in [1.165, 1.54) is 12.1 Å². The number of rotatable bonds is 2. The Morgan fingerprint density at radius 1 is 0.900 bits per heavy atom. The van der Waals surface area contributed by atoms with Gasteiger partial charge in [0.25, 0.3) is 0 Å². The molecular formula is C13H6F5NO. The second-order valence-corrected chi connectivity index (χ2v) is 3.96. The van der Waals surface area contributed by atoms with Crippen molar-refractivity contribution in [3.05, 3.63) is 64.2 Å². The van der Waals surface area contributed by atoms with Crippen LogP contribution in [0.2, 0.25) is 0 Å². The fourth-order valence-corrected chi connectivity index (χ4v) is 1.55. The second kappa shape index (κ2) is 4.99. The van der Waals surface area contributed by atoms with Crippen LogP contribution in [-0.2, 0) is 0 Å². The van der Waals surface area contributed by atoms with Gasteiger partial charge in [-0.25, -0.2) is 22.0 Å². The van der Waals surface area contributed by atoms with E-state index in [2.05, 4.69) is 4.98 Å². The van der Waals surface area contributed by atoms with Crippen LogP contribution in [0.1, 0.15) is 21.6 Å². The van der Waals surface area contributed by atoms with Crippen molar-refractivity contribution >= 4 is 5.78 Å². The number of carbonyl (C=O) groups is 1. The van der Waals surface area contributed by atoms with Gasteiger partial charge in [0, 0.05) is 17.5 Å². The number of pyridine rings is 1. The third-order valence-corrected chi connectivity index (χ3v) is 2.61. The molecule has 0 saturated carbocycles. The minimum Gasteiger partial charge on any atom is -0.288 e. The standard InChI is InChI=1S/C13H6F5NO/c1-5-2-3-6(4-19-5)13(20)7-8(14)10(16)12(18)11(17)9(7)15/h2-4H,1H3. The molecule has 0 aliphatic heterocycles. The first kappa shape index (κ1) is 14.1. The normalized spacial score (nSPS) is 10.7. The van der Waals surface area contributed by atoms with Gasteiger partial charge in [-0.15, -0.1) is 0 Å². The van der Waals surface area contributed by atoms with Crippen molar-refractivity contribution in [1.29, 1.82) is 0 Å². The van der Waals surface area contributed by atoms with Crippen molar-refractivity contribution in [1.82, 2.24) is 4.98 Å². The molecule has 0 radical (unpaired) electrons. The van der Waals surface area contributed by atoms with Crippen molar-refractivity contribution in [2.45, 2.75) is 6.92 Å². The minimum absolute atomic E-state index is 0.279. The number of halogens is 5. The Morgan fingerprint density at radius 2 is 1.40 bits per heavy atom. The fraction of sp³-hybridized carbons (Fsp3) is 0.0769. The number of aryl methyl sites for hydroxylation is 1. The van der Waals surface area contributed by atoms with Crippen LogP contribution in [0.25, 0.3) is 0 Å². The first-order chi connectivity index (χ1) is 9.34. The highest BCUT2D eigenvalue weighted by Crippen LogP contribution is 2.25. The van der Waals surface area contributed by atoms with Crippen LogP contribution in [0.15, 0.2) is 18.3 Å². The lowest BCUT2D eigenvalue weighted by molar-refractivity contribution is 0.102. The largest absolute Gasteiger partial charge is 0.288 e. The lowest BCUT2D eigenvalue weighted by atomic mass is 10.0. The van der Waals surface area contributed by atoms with E-state index in [1.54, 1.807) is 6.92 Å². The van der Waals surface area contributed by atoms with Crippen molar-refractivity contribution in [2.24, 2.45) is 0 Å². The first-order valence-electron chi connectivity index (χ1n) is 5.33. The number of benzene rings is 1. The summed E-state index contributed by atoms with van der Waals surface area (Å²) in [5.41, 5.74) is -1.25. The summed E-state index contributed by atoms with van der Waals surface area (Å²) in [5, 5.41) is 0. The Hall–Kier alpha value is -2.31. The molecule has 2 aromatic rings. The van der Waals surface area contributed by atoms with Gasteiger partial charge in [-0.2, -0.15) is 0 Å². The Morgan fingerprint density at radius 3 is 1.85 bits per heavy atom. The third kappa shape index (κ3) is 2.15. The van der Waals surface area contributed by atoms with Crippen LogP contribution in [0.3, 0.4) is 0 Å². The zero-order chi connectivity index (χ0) is 15.0. The maximum atomic E-state index is 13.5. The Balaban J connectivity index is 2.64. The Kier molecular flexibility index (Phi) is 3.52. The number of aromatic nitrogens is 1.